The van der Waals surface area contributed by atoms with Crippen LogP contribution in [-0.4, -0.2) is 13.0 Å². The van der Waals surface area contributed by atoms with Crippen LogP contribution in [0.25, 0.3) is 6.08 Å². The molecule has 1 amide bonds. The molecule has 0 radical (unpaired) electrons. The van der Waals surface area contributed by atoms with Crippen molar-refractivity contribution in [2.75, 3.05) is 12.4 Å². The van der Waals surface area contributed by atoms with E-state index in [1.54, 1.807) is 31.4 Å². The van der Waals surface area contributed by atoms with Crippen LogP contribution in [0.4, 0.5) is 5.69 Å². The van der Waals surface area contributed by atoms with Gasteiger partial charge < -0.3 is 14.8 Å². The Morgan fingerprint density at radius 2 is 1.77 bits per heavy atom. The fraction of sp³-hybridized carbons (Fsp3) is 0.154. The van der Waals surface area contributed by atoms with Crippen molar-refractivity contribution in [1.29, 1.82) is 5.26 Å². The van der Waals surface area contributed by atoms with Gasteiger partial charge in [0.2, 0.25) is 0 Å². The Kier molecular flexibility index (Phi) is 7.08. The first-order valence-electron chi connectivity index (χ1n) is 9.85. The van der Waals surface area contributed by atoms with Crippen LogP contribution in [0.5, 0.6) is 11.5 Å². The number of benzene rings is 3. The minimum absolute atomic E-state index is 0.00127. The highest BCUT2D eigenvalue weighted by molar-refractivity contribution is 6.10. The molecule has 3 aromatic carbocycles. The summed E-state index contributed by atoms with van der Waals surface area (Å²) >= 11 is 0. The minimum Gasteiger partial charge on any atom is -0.493 e. The first-order valence-corrected chi connectivity index (χ1v) is 9.85. The second-order valence-corrected chi connectivity index (χ2v) is 7.12. The number of carbonyl (C=O) groups excluding carboxylic acids is 1. The van der Waals surface area contributed by atoms with Gasteiger partial charge in [-0.05, 0) is 54.8 Å². The van der Waals surface area contributed by atoms with Crippen LogP contribution in [-0.2, 0) is 11.4 Å². The van der Waals surface area contributed by atoms with E-state index in [4.69, 9.17) is 9.47 Å². The Hall–Kier alpha value is -4.04. The summed E-state index contributed by atoms with van der Waals surface area (Å²) in [4.78, 5) is 12.5. The van der Waals surface area contributed by atoms with E-state index in [0.29, 0.717) is 29.4 Å². The van der Waals surface area contributed by atoms with Gasteiger partial charge in [-0.25, -0.2) is 0 Å². The van der Waals surface area contributed by atoms with Crippen LogP contribution in [0.3, 0.4) is 0 Å². The normalized spacial score (nSPS) is 10.8. The summed E-state index contributed by atoms with van der Waals surface area (Å²) in [5, 5.41) is 12.3. The van der Waals surface area contributed by atoms with Gasteiger partial charge in [-0.2, -0.15) is 5.26 Å². The summed E-state index contributed by atoms with van der Waals surface area (Å²) in [7, 11) is 1.55. The molecule has 0 saturated heterocycles. The molecule has 0 aliphatic heterocycles. The SMILES string of the molecule is COc1cc(/C=C(/C#N)C(=O)Nc2ccccc2C)ccc1OCc1ccc(C)cc1. The summed E-state index contributed by atoms with van der Waals surface area (Å²) in [6, 6.07) is 22.8. The average molecular weight is 412 g/mol. The van der Waals surface area contributed by atoms with E-state index in [0.717, 1.165) is 11.1 Å². The molecular formula is C26H24N2O3. The zero-order valence-corrected chi connectivity index (χ0v) is 17.8. The van der Waals surface area contributed by atoms with Crippen molar-refractivity contribution in [2.45, 2.75) is 20.5 Å². The van der Waals surface area contributed by atoms with E-state index in [1.807, 2.05) is 62.4 Å². The monoisotopic (exact) mass is 412 g/mol. The molecule has 0 spiro atoms. The third-order valence-electron chi connectivity index (χ3n) is 4.77. The van der Waals surface area contributed by atoms with Crippen LogP contribution in [0.2, 0.25) is 0 Å². The molecule has 0 aliphatic carbocycles. The van der Waals surface area contributed by atoms with Crippen molar-refractivity contribution in [3.05, 3.63) is 94.6 Å². The molecule has 0 bridgehead atoms. The second kappa shape index (κ2) is 10.1. The summed E-state index contributed by atoms with van der Waals surface area (Å²) in [5.74, 6) is 0.649. The maximum atomic E-state index is 12.5. The van der Waals surface area contributed by atoms with E-state index in [1.165, 1.54) is 11.6 Å². The summed E-state index contributed by atoms with van der Waals surface area (Å²) in [6.07, 6.45) is 1.53. The van der Waals surface area contributed by atoms with Gasteiger partial charge in [0, 0.05) is 5.69 Å². The van der Waals surface area contributed by atoms with Crippen LogP contribution in [0.1, 0.15) is 22.3 Å². The molecule has 3 aromatic rings. The van der Waals surface area contributed by atoms with Crippen molar-refractivity contribution in [2.24, 2.45) is 0 Å². The number of anilines is 1. The summed E-state index contributed by atoms with van der Waals surface area (Å²) < 4.78 is 11.3. The lowest BCUT2D eigenvalue weighted by Crippen LogP contribution is -2.14. The van der Waals surface area contributed by atoms with Crippen molar-refractivity contribution >= 4 is 17.7 Å². The third-order valence-corrected chi connectivity index (χ3v) is 4.77. The third kappa shape index (κ3) is 5.74. The lowest BCUT2D eigenvalue weighted by molar-refractivity contribution is -0.112. The molecule has 0 aliphatic rings. The van der Waals surface area contributed by atoms with Crippen LogP contribution in [0, 0.1) is 25.2 Å². The van der Waals surface area contributed by atoms with Crippen molar-refractivity contribution < 1.29 is 14.3 Å². The van der Waals surface area contributed by atoms with E-state index in [-0.39, 0.29) is 5.57 Å². The van der Waals surface area contributed by atoms with E-state index in [9.17, 15) is 10.1 Å². The van der Waals surface area contributed by atoms with Crippen molar-refractivity contribution in [3.63, 3.8) is 0 Å². The largest absolute Gasteiger partial charge is 0.493 e. The molecule has 31 heavy (non-hydrogen) atoms. The smallest absolute Gasteiger partial charge is 0.266 e. The molecular weight excluding hydrogens is 388 g/mol. The Morgan fingerprint density at radius 3 is 2.45 bits per heavy atom. The topological polar surface area (TPSA) is 71.3 Å². The molecule has 5 nitrogen and oxygen atoms in total. The number of nitriles is 1. The highest BCUT2D eigenvalue weighted by Crippen LogP contribution is 2.30. The maximum absolute atomic E-state index is 12.5. The van der Waals surface area contributed by atoms with Crippen molar-refractivity contribution in [3.8, 4) is 17.6 Å². The van der Waals surface area contributed by atoms with Gasteiger partial charge in [-0.3, -0.25) is 4.79 Å². The first-order chi connectivity index (χ1) is 15.0. The van der Waals surface area contributed by atoms with Gasteiger partial charge in [0.25, 0.3) is 5.91 Å². The quantitative estimate of drug-likeness (QED) is 0.414. The molecule has 5 heteroatoms. The minimum atomic E-state index is -0.463. The number of aryl methyl sites for hydroxylation is 2. The number of methoxy groups -OCH3 is 1. The number of amides is 1. The zero-order valence-electron chi connectivity index (χ0n) is 17.8. The van der Waals surface area contributed by atoms with E-state index < -0.39 is 5.91 Å². The zero-order chi connectivity index (χ0) is 22.2. The number of hydrogen-bond donors (Lipinski definition) is 1. The number of nitrogens with zero attached hydrogens (tertiary/aromatic N) is 1. The maximum Gasteiger partial charge on any atom is 0.266 e. The lowest BCUT2D eigenvalue weighted by Gasteiger charge is -2.12. The first kappa shape index (κ1) is 21.7. The summed E-state index contributed by atoms with van der Waals surface area (Å²) in [6.45, 7) is 4.34. The molecule has 0 aromatic heterocycles. The molecule has 156 valence electrons. The molecule has 3 rings (SSSR count). The number of rotatable bonds is 7. The number of nitrogens with one attached hydrogen (secondary N) is 1. The van der Waals surface area contributed by atoms with Gasteiger partial charge in [0.05, 0.1) is 7.11 Å². The van der Waals surface area contributed by atoms with Gasteiger partial charge in [0.15, 0.2) is 11.5 Å². The molecule has 1 N–H and O–H groups in total. The fourth-order valence-corrected chi connectivity index (χ4v) is 2.96. The predicted molar refractivity (Wildman–Crippen MR) is 122 cm³/mol. The Morgan fingerprint density at radius 1 is 1.03 bits per heavy atom. The lowest BCUT2D eigenvalue weighted by atomic mass is 10.1. The number of ether oxygens (including phenoxy) is 2. The molecule has 0 fully saturated rings. The molecule has 0 heterocycles. The van der Waals surface area contributed by atoms with Crippen LogP contribution >= 0.6 is 0 Å². The van der Waals surface area contributed by atoms with Gasteiger partial charge >= 0.3 is 0 Å². The second-order valence-electron chi connectivity index (χ2n) is 7.12. The highest BCUT2D eigenvalue weighted by atomic mass is 16.5. The van der Waals surface area contributed by atoms with Crippen LogP contribution < -0.4 is 14.8 Å². The van der Waals surface area contributed by atoms with Crippen molar-refractivity contribution in [1.82, 2.24) is 0 Å². The number of hydrogen-bond acceptors (Lipinski definition) is 4. The Balaban J connectivity index is 1.75. The highest BCUT2D eigenvalue weighted by Gasteiger charge is 2.12. The summed E-state index contributed by atoms with van der Waals surface area (Å²) in [5.41, 5.74) is 4.50. The van der Waals surface area contributed by atoms with E-state index in [2.05, 4.69) is 5.32 Å². The Labute approximate surface area is 182 Å². The van der Waals surface area contributed by atoms with Gasteiger partial charge in [-0.1, -0.05) is 54.1 Å². The number of carbonyl (C=O) groups is 1. The van der Waals surface area contributed by atoms with Crippen LogP contribution in [0.15, 0.2) is 72.3 Å². The molecule has 0 atom stereocenters. The van der Waals surface area contributed by atoms with Gasteiger partial charge in [-0.15, -0.1) is 0 Å². The standard InChI is InChI=1S/C26H24N2O3/c1-18-8-10-20(11-9-18)17-31-24-13-12-21(15-25(24)30-3)14-22(16-27)26(29)28-23-7-5-4-6-19(23)2/h4-15H,17H2,1-3H3,(H,28,29)/b22-14-. The average Bonchev–Trinajstić information content (AvgIpc) is 2.78. The van der Waals surface area contributed by atoms with E-state index >= 15 is 0 Å². The predicted octanol–water partition coefficient (Wildman–Crippen LogP) is 5.44. The molecule has 0 saturated carbocycles. The van der Waals surface area contributed by atoms with Gasteiger partial charge in [0.1, 0.15) is 18.2 Å². The molecule has 0 unspecified atom stereocenters. The Bertz CT molecular complexity index is 1140. The fourth-order valence-electron chi connectivity index (χ4n) is 2.96. The number of para-hydroxylation sites is 1.